The first-order valence-electron chi connectivity index (χ1n) is 4.84. The summed E-state index contributed by atoms with van der Waals surface area (Å²) in [6.45, 7) is 0.466. The van der Waals surface area contributed by atoms with Crippen molar-refractivity contribution in [2.45, 2.75) is 12.5 Å². The van der Waals surface area contributed by atoms with Gasteiger partial charge in [-0.1, -0.05) is 11.6 Å². The predicted molar refractivity (Wildman–Crippen MR) is 58.1 cm³/mol. The topological polar surface area (TPSA) is 71.1 Å². The minimum Gasteiger partial charge on any atom is -0.354 e. The highest BCUT2D eigenvalue weighted by Gasteiger charge is 2.23. The summed E-state index contributed by atoms with van der Waals surface area (Å²) >= 11 is 5.83. The van der Waals surface area contributed by atoms with Gasteiger partial charge in [-0.25, -0.2) is 0 Å². The van der Waals surface area contributed by atoms with E-state index in [1.807, 2.05) is 0 Å². The molecule has 0 bridgehead atoms. The third kappa shape index (κ3) is 2.30. The molecule has 1 aliphatic rings. The molecule has 84 valence electrons. The average molecular weight is 240 g/mol. The highest BCUT2D eigenvalue weighted by molar-refractivity contribution is 6.33. The van der Waals surface area contributed by atoms with Crippen LogP contribution < -0.4 is 10.6 Å². The van der Waals surface area contributed by atoms with Gasteiger partial charge in [0, 0.05) is 25.4 Å². The number of aromatic nitrogens is 1. The Kier molecular flexibility index (Phi) is 3.05. The molecule has 0 saturated carbocycles. The molecule has 2 rings (SSSR count). The van der Waals surface area contributed by atoms with Crippen LogP contribution in [-0.4, -0.2) is 29.4 Å². The molecule has 1 unspecified atom stereocenters. The lowest BCUT2D eigenvalue weighted by Crippen LogP contribution is -2.36. The van der Waals surface area contributed by atoms with Crippen LogP contribution in [0.3, 0.4) is 0 Å². The van der Waals surface area contributed by atoms with Crippen molar-refractivity contribution in [2.75, 3.05) is 6.54 Å². The van der Waals surface area contributed by atoms with E-state index >= 15 is 0 Å². The van der Waals surface area contributed by atoms with Crippen molar-refractivity contribution in [3.8, 4) is 0 Å². The molecule has 0 aliphatic carbocycles. The van der Waals surface area contributed by atoms with Gasteiger partial charge in [0.2, 0.25) is 5.91 Å². The SMILES string of the molecule is O=C1CC(NC(=O)c2ccncc2Cl)CN1. The van der Waals surface area contributed by atoms with E-state index < -0.39 is 0 Å². The molecular formula is C10H10ClN3O2. The van der Waals surface area contributed by atoms with E-state index in [2.05, 4.69) is 15.6 Å². The monoisotopic (exact) mass is 239 g/mol. The summed E-state index contributed by atoms with van der Waals surface area (Å²) in [5.41, 5.74) is 0.371. The second-order valence-electron chi connectivity index (χ2n) is 3.53. The molecule has 1 aromatic heterocycles. The first kappa shape index (κ1) is 10.9. The quantitative estimate of drug-likeness (QED) is 0.783. The van der Waals surface area contributed by atoms with Crippen molar-refractivity contribution < 1.29 is 9.59 Å². The molecule has 1 fully saturated rings. The summed E-state index contributed by atoms with van der Waals surface area (Å²) in [7, 11) is 0. The zero-order valence-corrected chi connectivity index (χ0v) is 9.12. The molecular weight excluding hydrogens is 230 g/mol. The number of nitrogens with zero attached hydrogens (tertiary/aromatic N) is 1. The minimum atomic E-state index is -0.283. The van der Waals surface area contributed by atoms with Crippen LogP contribution in [0.15, 0.2) is 18.5 Å². The molecule has 1 aromatic rings. The molecule has 0 aromatic carbocycles. The Morgan fingerprint density at radius 2 is 2.44 bits per heavy atom. The van der Waals surface area contributed by atoms with Crippen LogP contribution >= 0.6 is 11.6 Å². The summed E-state index contributed by atoms with van der Waals surface area (Å²) in [5.74, 6) is -0.333. The Morgan fingerprint density at radius 3 is 3.06 bits per heavy atom. The van der Waals surface area contributed by atoms with Gasteiger partial charge in [0.1, 0.15) is 0 Å². The smallest absolute Gasteiger partial charge is 0.253 e. The number of hydrogen-bond donors (Lipinski definition) is 2. The van der Waals surface area contributed by atoms with Crippen LogP contribution in [0.1, 0.15) is 16.8 Å². The summed E-state index contributed by atoms with van der Waals surface area (Å²) in [5, 5.41) is 5.68. The summed E-state index contributed by atoms with van der Waals surface area (Å²) in [6.07, 6.45) is 3.22. The number of amides is 2. The number of pyridine rings is 1. The fraction of sp³-hybridized carbons (Fsp3) is 0.300. The molecule has 2 N–H and O–H groups in total. The van der Waals surface area contributed by atoms with Gasteiger partial charge >= 0.3 is 0 Å². The fourth-order valence-electron chi connectivity index (χ4n) is 1.53. The first-order chi connectivity index (χ1) is 7.66. The van der Waals surface area contributed by atoms with E-state index in [0.29, 0.717) is 23.6 Å². The Hall–Kier alpha value is -1.62. The van der Waals surface area contributed by atoms with Gasteiger partial charge in [-0.2, -0.15) is 0 Å². The zero-order valence-electron chi connectivity index (χ0n) is 8.37. The molecule has 5 nitrogen and oxygen atoms in total. The number of carbonyl (C=O) groups excluding carboxylic acids is 2. The van der Waals surface area contributed by atoms with Gasteiger partial charge < -0.3 is 10.6 Å². The minimum absolute atomic E-state index is 0.0499. The van der Waals surface area contributed by atoms with E-state index in [1.54, 1.807) is 6.07 Å². The Morgan fingerprint density at radius 1 is 1.62 bits per heavy atom. The van der Waals surface area contributed by atoms with Crippen LogP contribution in [0, 0.1) is 0 Å². The van der Waals surface area contributed by atoms with Crippen molar-refractivity contribution in [1.29, 1.82) is 0 Å². The number of hydrogen-bond acceptors (Lipinski definition) is 3. The molecule has 6 heteroatoms. The van der Waals surface area contributed by atoms with Crippen molar-refractivity contribution in [3.63, 3.8) is 0 Å². The van der Waals surface area contributed by atoms with Gasteiger partial charge in [0.05, 0.1) is 16.6 Å². The van der Waals surface area contributed by atoms with E-state index in [9.17, 15) is 9.59 Å². The predicted octanol–water partition coefficient (Wildman–Crippen LogP) is 0.353. The van der Waals surface area contributed by atoms with Gasteiger partial charge in [0.25, 0.3) is 5.91 Å². The van der Waals surface area contributed by atoms with Crippen LogP contribution in [0.2, 0.25) is 5.02 Å². The van der Waals surface area contributed by atoms with Gasteiger partial charge in [-0.15, -0.1) is 0 Å². The normalized spacial score (nSPS) is 19.3. The van der Waals surface area contributed by atoms with Crippen LogP contribution in [0.5, 0.6) is 0 Å². The van der Waals surface area contributed by atoms with Gasteiger partial charge in [0.15, 0.2) is 0 Å². The highest BCUT2D eigenvalue weighted by Crippen LogP contribution is 2.13. The maximum absolute atomic E-state index is 11.8. The molecule has 16 heavy (non-hydrogen) atoms. The van der Waals surface area contributed by atoms with Crippen LogP contribution in [0.25, 0.3) is 0 Å². The lowest BCUT2D eigenvalue weighted by atomic mass is 10.2. The number of carbonyl (C=O) groups is 2. The Balaban J connectivity index is 2.03. The zero-order chi connectivity index (χ0) is 11.5. The molecule has 0 spiro atoms. The average Bonchev–Trinajstić information content (AvgIpc) is 2.64. The molecule has 2 amide bonds. The Bertz CT molecular complexity index is 436. The first-order valence-corrected chi connectivity index (χ1v) is 5.21. The van der Waals surface area contributed by atoms with Crippen LogP contribution in [0.4, 0.5) is 0 Å². The van der Waals surface area contributed by atoms with E-state index in [-0.39, 0.29) is 17.9 Å². The second kappa shape index (κ2) is 4.49. The third-order valence-electron chi connectivity index (χ3n) is 2.33. The number of nitrogens with one attached hydrogen (secondary N) is 2. The molecule has 2 heterocycles. The van der Waals surface area contributed by atoms with Crippen molar-refractivity contribution in [2.24, 2.45) is 0 Å². The van der Waals surface area contributed by atoms with Crippen LogP contribution in [-0.2, 0) is 4.79 Å². The van der Waals surface area contributed by atoms with Crippen molar-refractivity contribution in [1.82, 2.24) is 15.6 Å². The van der Waals surface area contributed by atoms with E-state index in [0.717, 1.165) is 0 Å². The third-order valence-corrected chi connectivity index (χ3v) is 2.63. The van der Waals surface area contributed by atoms with Gasteiger partial charge in [-0.3, -0.25) is 14.6 Å². The summed E-state index contributed by atoms with van der Waals surface area (Å²) < 4.78 is 0. The fourth-order valence-corrected chi connectivity index (χ4v) is 1.73. The highest BCUT2D eigenvalue weighted by atomic mass is 35.5. The maximum atomic E-state index is 11.8. The molecule has 1 atom stereocenters. The number of halogens is 1. The summed E-state index contributed by atoms with van der Waals surface area (Å²) in [6, 6.07) is 1.38. The number of rotatable bonds is 2. The second-order valence-corrected chi connectivity index (χ2v) is 3.94. The lowest BCUT2D eigenvalue weighted by molar-refractivity contribution is -0.119. The largest absolute Gasteiger partial charge is 0.354 e. The lowest BCUT2D eigenvalue weighted by Gasteiger charge is -2.10. The standard InChI is InChI=1S/C10H10ClN3O2/c11-8-5-12-2-1-7(8)10(16)14-6-3-9(15)13-4-6/h1-2,5-6H,3-4H2,(H,13,15)(H,14,16). The van der Waals surface area contributed by atoms with Crippen molar-refractivity contribution >= 4 is 23.4 Å². The van der Waals surface area contributed by atoms with Crippen molar-refractivity contribution in [3.05, 3.63) is 29.0 Å². The van der Waals surface area contributed by atoms with E-state index in [4.69, 9.17) is 11.6 Å². The maximum Gasteiger partial charge on any atom is 0.253 e. The summed E-state index contributed by atoms with van der Waals surface area (Å²) in [4.78, 5) is 26.5. The molecule has 1 saturated heterocycles. The van der Waals surface area contributed by atoms with Gasteiger partial charge in [-0.05, 0) is 6.07 Å². The van der Waals surface area contributed by atoms with E-state index in [1.165, 1.54) is 12.4 Å². The molecule has 1 aliphatic heterocycles. The molecule has 0 radical (unpaired) electrons. The Labute approximate surface area is 97.2 Å².